The number of aromatic nitrogens is 1. The molecule has 94 valence electrons. The van der Waals surface area contributed by atoms with Crippen LogP contribution in [-0.2, 0) is 4.74 Å². The SMILES string of the molecule is Clc1cnc(NCCC2CCCCO2)c(Br)c1. The lowest BCUT2D eigenvalue weighted by molar-refractivity contribution is 0.0134. The minimum absolute atomic E-state index is 0.405. The second-order valence-electron chi connectivity index (χ2n) is 4.19. The molecule has 1 aliphatic rings. The maximum absolute atomic E-state index is 5.83. The second-order valence-corrected chi connectivity index (χ2v) is 5.48. The number of rotatable bonds is 4. The van der Waals surface area contributed by atoms with Crippen LogP contribution in [0.1, 0.15) is 25.7 Å². The Balaban J connectivity index is 1.77. The van der Waals surface area contributed by atoms with Gasteiger partial charge in [-0.3, -0.25) is 0 Å². The molecule has 2 heterocycles. The molecule has 0 radical (unpaired) electrons. The summed E-state index contributed by atoms with van der Waals surface area (Å²) in [4.78, 5) is 4.23. The summed E-state index contributed by atoms with van der Waals surface area (Å²) < 4.78 is 6.57. The van der Waals surface area contributed by atoms with Crippen molar-refractivity contribution in [3.8, 4) is 0 Å². The molecular formula is C12H16BrClN2O. The topological polar surface area (TPSA) is 34.2 Å². The van der Waals surface area contributed by atoms with Crippen LogP contribution in [0.4, 0.5) is 5.82 Å². The fourth-order valence-corrected chi connectivity index (χ4v) is 2.71. The number of ether oxygens (including phenoxy) is 1. The van der Waals surface area contributed by atoms with Crippen molar-refractivity contribution in [1.29, 1.82) is 0 Å². The average molecular weight is 320 g/mol. The normalized spacial score (nSPS) is 20.2. The number of nitrogens with zero attached hydrogens (tertiary/aromatic N) is 1. The summed E-state index contributed by atoms with van der Waals surface area (Å²) in [6.45, 7) is 1.78. The van der Waals surface area contributed by atoms with Crippen LogP contribution in [0, 0.1) is 0 Å². The van der Waals surface area contributed by atoms with Crippen molar-refractivity contribution in [2.45, 2.75) is 31.8 Å². The van der Waals surface area contributed by atoms with Gasteiger partial charge in [0.2, 0.25) is 0 Å². The molecule has 17 heavy (non-hydrogen) atoms. The van der Waals surface area contributed by atoms with Crippen molar-refractivity contribution >= 4 is 33.3 Å². The molecule has 1 fully saturated rings. The third kappa shape index (κ3) is 4.12. The molecule has 0 amide bonds. The molecule has 1 aromatic rings. The third-order valence-corrected chi connectivity index (χ3v) is 3.65. The smallest absolute Gasteiger partial charge is 0.140 e. The van der Waals surface area contributed by atoms with Crippen LogP contribution in [0.25, 0.3) is 0 Å². The quantitative estimate of drug-likeness (QED) is 0.915. The molecule has 0 aromatic carbocycles. The van der Waals surface area contributed by atoms with Gasteiger partial charge < -0.3 is 10.1 Å². The zero-order chi connectivity index (χ0) is 12.1. The maximum Gasteiger partial charge on any atom is 0.140 e. The first-order valence-corrected chi connectivity index (χ1v) is 7.09. The molecule has 1 N–H and O–H groups in total. The van der Waals surface area contributed by atoms with Gasteiger partial charge in [-0.1, -0.05) is 11.6 Å². The van der Waals surface area contributed by atoms with Gasteiger partial charge in [0.1, 0.15) is 5.82 Å². The molecule has 0 bridgehead atoms. The Kier molecular flexibility index (Phi) is 5.07. The summed E-state index contributed by atoms with van der Waals surface area (Å²) in [7, 11) is 0. The molecule has 1 atom stereocenters. The molecule has 3 nitrogen and oxygen atoms in total. The summed E-state index contributed by atoms with van der Waals surface area (Å²) in [5.41, 5.74) is 0. The van der Waals surface area contributed by atoms with E-state index >= 15 is 0 Å². The van der Waals surface area contributed by atoms with Crippen LogP contribution in [0.15, 0.2) is 16.7 Å². The van der Waals surface area contributed by atoms with Gasteiger partial charge in [-0.15, -0.1) is 0 Å². The predicted molar refractivity (Wildman–Crippen MR) is 73.6 cm³/mol. The monoisotopic (exact) mass is 318 g/mol. The van der Waals surface area contributed by atoms with E-state index in [2.05, 4.69) is 26.2 Å². The maximum atomic E-state index is 5.83. The molecule has 0 spiro atoms. The number of hydrogen-bond acceptors (Lipinski definition) is 3. The van der Waals surface area contributed by atoms with E-state index in [9.17, 15) is 0 Å². The Morgan fingerprint density at radius 1 is 1.53 bits per heavy atom. The standard InChI is InChI=1S/C12H16BrClN2O/c13-11-7-9(14)8-16-12(11)15-5-4-10-3-1-2-6-17-10/h7-8,10H,1-6H2,(H,15,16). The average Bonchev–Trinajstić information content (AvgIpc) is 2.33. The van der Waals surface area contributed by atoms with Crippen LogP contribution in [0.5, 0.6) is 0 Å². The zero-order valence-corrected chi connectivity index (χ0v) is 11.9. The first kappa shape index (κ1) is 13.1. The second kappa shape index (κ2) is 6.57. The Labute approximate surface area is 115 Å². The highest BCUT2D eigenvalue weighted by Crippen LogP contribution is 2.23. The highest BCUT2D eigenvalue weighted by atomic mass is 79.9. The summed E-state index contributed by atoms with van der Waals surface area (Å²) in [6, 6.07) is 1.84. The first-order valence-electron chi connectivity index (χ1n) is 5.92. The van der Waals surface area contributed by atoms with Crippen molar-refractivity contribution in [3.63, 3.8) is 0 Å². The highest BCUT2D eigenvalue weighted by molar-refractivity contribution is 9.10. The fraction of sp³-hybridized carbons (Fsp3) is 0.583. The fourth-order valence-electron chi connectivity index (χ4n) is 1.93. The van der Waals surface area contributed by atoms with E-state index in [0.29, 0.717) is 11.1 Å². The Morgan fingerprint density at radius 3 is 3.12 bits per heavy atom. The number of nitrogens with one attached hydrogen (secondary N) is 1. The van der Waals surface area contributed by atoms with E-state index in [0.717, 1.165) is 29.9 Å². The summed E-state index contributed by atoms with van der Waals surface area (Å²) >= 11 is 9.27. The van der Waals surface area contributed by atoms with Crippen LogP contribution in [0.3, 0.4) is 0 Å². The van der Waals surface area contributed by atoms with Crippen LogP contribution < -0.4 is 5.32 Å². The lowest BCUT2D eigenvalue weighted by Gasteiger charge is -2.22. The van der Waals surface area contributed by atoms with Crippen LogP contribution >= 0.6 is 27.5 Å². The lowest BCUT2D eigenvalue weighted by Crippen LogP contribution is -2.22. The summed E-state index contributed by atoms with van der Waals surface area (Å²) in [5, 5.41) is 3.93. The number of halogens is 2. The molecule has 2 rings (SSSR count). The third-order valence-electron chi connectivity index (χ3n) is 2.84. The molecule has 1 aliphatic heterocycles. The van der Waals surface area contributed by atoms with E-state index in [1.165, 1.54) is 19.3 Å². The predicted octanol–water partition coefficient (Wildman–Crippen LogP) is 3.87. The summed E-state index contributed by atoms with van der Waals surface area (Å²) in [6.07, 6.45) is 6.74. The van der Waals surface area contributed by atoms with Crippen molar-refractivity contribution in [3.05, 3.63) is 21.8 Å². The van der Waals surface area contributed by atoms with Crippen molar-refractivity contribution < 1.29 is 4.74 Å². The van der Waals surface area contributed by atoms with Gasteiger partial charge in [0.05, 0.1) is 15.6 Å². The minimum Gasteiger partial charge on any atom is -0.378 e. The molecule has 0 saturated carbocycles. The van der Waals surface area contributed by atoms with Gasteiger partial charge in [0, 0.05) is 19.3 Å². The van der Waals surface area contributed by atoms with Crippen LogP contribution in [-0.4, -0.2) is 24.2 Å². The van der Waals surface area contributed by atoms with Crippen molar-refractivity contribution in [2.24, 2.45) is 0 Å². The highest BCUT2D eigenvalue weighted by Gasteiger charge is 2.13. The van der Waals surface area contributed by atoms with Crippen molar-refractivity contribution in [1.82, 2.24) is 4.98 Å². The number of pyridine rings is 1. The zero-order valence-electron chi connectivity index (χ0n) is 9.59. The van der Waals surface area contributed by atoms with Gasteiger partial charge in [-0.05, 0) is 47.7 Å². The molecule has 1 unspecified atom stereocenters. The summed E-state index contributed by atoms with van der Waals surface area (Å²) in [5.74, 6) is 0.838. The largest absolute Gasteiger partial charge is 0.378 e. The van der Waals surface area contributed by atoms with E-state index in [1.54, 1.807) is 6.20 Å². The van der Waals surface area contributed by atoms with Gasteiger partial charge in [0.15, 0.2) is 0 Å². The minimum atomic E-state index is 0.405. The molecule has 1 saturated heterocycles. The Hall–Kier alpha value is -0.320. The van der Waals surface area contributed by atoms with E-state index in [1.807, 2.05) is 6.07 Å². The first-order chi connectivity index (χ1) is 8.25. The van der Waals surface area contributed by atoms with Crippen LogP contribution in [0.2, 0.25) is 5.02 Å². The van der Waals surface area contributed by atoms with Gasteiger partial charge in [-0.25, -0.2) is 4.98 Å². The van der Waals surface area contributed by atoms with E-state index in [-0.39, 0.29) is 0 Å². The molecular weight excluding hydrogens is 304 g/mol. The van der Waals surface area contributed by atoms with E-state index < -0.39 is 0 Å². The Morgan fingerprint density at radius 2 is 2.41 bits per heavy atom. The number of hydrogen-bond donors (Lipinski definition) is 1. The molecule has 1 aromatic heterocycles. The van der Waals surface area contributed by atoms with Gasteiger partial charge >= 0.3 is 0 Å². The molecule has 0 aliphatic carbocycles. The van der Waals surface area contributed by atoms with Gasteiger partial charge in [-0.2, -0.15) is 0 Å². The van der Waals surface area contributed by atoms with E-state index in [4.69, 9.17) is 16.3 Å². The van der Waals surface area contributed by atoms with Gasteiger partial charge in [0.25, 0.3) is 0 Å². The Bertz CT molecular complexity index is 370. The van der Waals surface area contributed by atoms with Crippen molar-refractivity contribution in [2.75, 3.05) is 18.5 Å². The molecule has 5 heteroatoms. The lowest BCUT2D eigenvalue weighted by atomic mass is 10.1. The number of anilines is 1.